The lowest BCUT2D eigenvalue weighted by Crippen LogP contribution is -2.32. The number of nitrogens with two attached hydrogens (primary N) is 1. The number of carbonyl (C=O) groups is 1. The topological polar surface area (TPSA) is 46.3 Å². The van der Waals surface area contributed by atoms with Crippen molar-refractivity contribution in [1.82, 2.24) is 0 Å². The molecule has 1 amide bonds. The molecule has 104 valence electrons. The van der Waals surface area contributed by atoms with Crippen LogP contribution in [0.4, 0.5) is 11.4 Å². The van der Waals surface area contributed by atoms with Gasteiger partial charge in [-0.2, -0.15) is 0 Å². The van der Waals surface area contributed by atoms with Crippen LogP contribution in [0.15, 0.2) is 18.2 Å². The molecule has 0 aliphatic carbocycles. The van der Waals surface area contributed by atoms with Crippen molar-refractivity contribution in [2.75, 3.05) is 17.2 Å². The van der Waals surface area contributed by atoms with Gasteiger partial charge in [-0.1, -0.05) is 33.1 Å². The van der Waals surface area contributed by atoms with Gasteiger partial charge in [0.05, 0.1) is 6.42 Å². The molecule has 1 unspecified atom stereocenters. The number of hydrogen-bond donors (Lipinski definition) is 1. The van der Waals surface area contributed by atoms with Gasteiger partial charge in [0.25, 0.3) is 0 Å². The molecule has 0 spiro atoms. The predicted octanol–water partition coefficient (Wildman–Crippen LogP) is 3.37. The summed E-state index contributed by atoms with van der Waals surface area (Å²) >= 11 is 0. The Balaban J connectivity index is 2.10. The van der Waals surface area contributed by atoms with Crippen molar-refractivity contribution in [3.8, 4) is 0 Å². The number of rotatable bonds is 6. The van der Waals surface area contributed by atoms with E-state index < -0.39 is 0 Å². The van der Waals surface area contributed by atoms with Crippen molar-refractivity contribution in [2.24, 2.45) is 5.92 Å². The predicted molar refractivity (Wildman–Crippen MR) is 80.2 cm³/mol. The molecule has 1 aliphatic heterocycles. The van der Waals surface area contributed by atoms with E-state index in [4.69, 9.17) is 5.73 Å². The SMILES string of the molecule is CCCCC(CC)CN1C(=O)Cc2cc(N)ccc21. The molecule has 2 rings (SSSR count). The average molecular weight is 260 g/mol. The number of benzene rings is 1. The Kier molecular flexibility index (Phi) is 4.46. The molecule has 1 aromatic carbocycles. The van der Waals surface area contributed by atoms with Gasteiger partial charge >= 0.3 is 0 Å². The molecule has 0 saturated heterocycles. The van der Waals surface area contributed by atoms with Gasteiger partial charge < -0.3 is 10.6 Å². The molecule has 0 radical (unpaired) electrons. The van der Waals surface area contributed by atoms with Crippen molar-refractivity contribution >= 4 is 17.3 Å². The minimum atomic E-state index is 0.218. The lowest BCUT2D eigenvalue weighted by atomic mass is 9.98. The largest absolute Gasteiger partial charge is 0.399 e. The second-order valence-electron chi connectivity index (χ2n) is 5.49. The van der Waals surface area contributed by atoms with Gasteiger partial charge in [0.2, 0.25) is 5.91 Å². The first-order valence-electron chi connectivity index (χ1n) is 7.34. The maximum Gasteiger partial charge on any atom is 0.231 e. The molecular formula is C16H24N2O. The number of carbonyl (C=O) groups excluding carboxylic acids is 1. The van der Waals surface area contributed by atoms with Crippen molar-refractivity contribution in [3.63, 3.8) is 0 Å². The molecule has 1 heterocycles. The number of hydrogen-bond acceptors (Lipinski definition) is 2. The molecule has 19 heavy (non-hydrogen) atoms. The monoisotopic (exact) mass is 260 g/mol. The highest BCUT2D eigenvalue weighted by molar-refractivity contribution is 6.01. The first kappa shape index (κ1) is 13.9. The molecule has 0 aromatic heterocycles. The Bertz CT molecular complexity index is 456. The summed E-state index contributed by atoms with van der Waals surface area (Å²) in [7, 11) is 0. The summed E-state index contributed by atoms with van der Waals surface area (Å²) in [6.45, 7) is 5.28. The third-order valence-electron chi connectivity index (χ3n) is 4.02. The van der Waals surface area contributed by atoms with Crippen LogP contribution in [0.1, 0.15) is 45.1 Å². The van der Waals surface area contributed by atoms with Crippen LogP contribution in [0.2, 0.25) is 0 Å². The molecule has 1 atom stereocenters. The van der Waals surface area contributed by atoms with Gasteiger partial charge in [0, 0.05) is 17.9 Å². The van der Waals surface area contributed by atoms with Gasteiger partial charge in [-0.05, 0) is 36.1 Å². The van der Waals surface area contributed by atoms with Crippen LogP contribution in [-0.4, -0.2) is 12.5 Å². The van der Waals surface area contributed by atoms with Crippen LogP contribution in [0.3, 0.4) is 0 Å². The molecule has 3 nitrogen and oxygen atoms in total. The number of unbranched alkanes of at least 4 members (excludes halogenated alkanes) is 1. The summed E-state index contributed by atoms with van der Waals surface area (Å²) in [5.41, 5.74) is 8.67. The molecule has 0 bridgehead atoms. The molecule has 0 fully saturated rings. The summed E-state index contributed by atoms with van der Waals surface area (Å²) < 4.78 is 0. The molecule has 1 aliphatic rings. The minimum absolute atomic E-state index is 0.218. The summed E-state index contributed by atoms with van der Waals surface area (Å²) in [5.74, 6) is 0.822. The number of fused-ring (bicyclic) bond motifs is 1. The van der Waals surface area contributed by atoms with Crippen LogP contribution in [0.25, 0.3) is 0 Å². The van der Waals surface area contributed by atoms with Gasteiger partial charge in [0.1, 0.15) is 0 Å². The zero-order valence-corrected chi connectivity index (χ0v) is 12.0. The van der Waals surface area contributed by atoms with E-state index in [2.05, 4.69) is 13.8 Å². The molecule has 2 N–H and O–H groups in total. The van der Waals surface area contributed by atoms with Gasteiger partial charge in [-0.25, -0.2) is 0 Å². The highest BCUT2D eigenvalue weighted by Gasteiger charge is 2.28. The molecular weight excluding hydrogens is 236 g/mol. The zero-order valence-electron chi connectivity index (χ0n) is 12.0. The smallest absolute Gasteiger partial charge is 0.231 e. The van der Waals surface area contributed by atoms with Crippen molar-refractivity contribution < 1.29 is 4.79 Å². The third kappa shape index (κ3) is 3.09. The second-order valence-corrected chi connectivity index (χ2v) is 5.49. The Morgan fingerprint density at radius 3 is 2.84 bits per heavy atom. The van der Waals surface area contributed by atoms with E-state index in [0.717, 1.165) is 29.9 Å². The highest BCUT2D eigenvalue weighted by Crippen LogP contribution is 2.32. The summed E-state index contributed by atoms with van der Waals surface area (Å²) in [6, 6.07) is 5.81. The van der Waals surface area contributed by atoms with Crippen LogP contribution in [0, 0.1) is 5.92 Å². The maximum absolute atomic E-state index is 12.2. The Morgan fingerprint density at radius 2 is 2.16 bits per heavy atom. The van der Waals surface area contributed by atoms with Crippen LogP contribution in [-0.2, 0) is 11.2 Å². The average Bonchev–Trinajstić information content (AvgIpc) is 2.69. The minimum Gasteiger partial charge on any atom is -0.399 e. The van der Waals surface area contributed by atoms with Crippen molar-refractivity contribution in [3.05, 3.63) is 23.8 Å². The number of nitrogens with zero attached hydrogens (tertiary/aromatic N) is 1. The first-order valence-corrected chi connectivity index (χ1v) is 7.34. The number of nitrogen functional groups attached to an aromatic ring is 1. The molecule has 3 heteroatoms. The Hall–Kier alpha value is -1.51. The first-order chi connectivity index (χ1) is 9.15. The molecule has 0 saturated carbocycles. The van der Waals surface area contributed by atoms with E-state index in [0.29, 0.717) is 12.3 Å². The van der Waals surface area contributed by atoms with E-state index in [1.54, 1.807) is 0 Å². The maximum atomic E-state index is 12.2. The summed E-state index contributed by atoms with van der Waals surface area (Å²) in [5, 5.41) is 0. The fourth-order valence-electron chi connectivity index (χ4n) is 2.78. The Labute approximate surface area is 115 Å². The van der Waals surface area contributed by atoms with Gasteiger partial charge in [0.15, 0.2) is 0 Å². The van der Waals surface area contributed by atoms with Gasteiger partial charge in [-0.15, -0.1) is 0 Å². The van der Waals surface area contributed by atoms with E-state index in [-0.39, 0.29) is 5.91 Å². The van der Waals surface area contributed by atoms with E-state index in [1.807, 2.05) is 23.1 Å². The Morgan fingerprint density at radius 1 is 1.37 bits per heavy atom. The fourth-order valence-corrected chi connectivity index (χ4v) is 2.78. The van der Waals surface area contributed by atoms with Crippen LogP contribution in [0.5, 0.6) is 0 Å². The third-order valence-corrected chi connectivity index (χ3v) is 4.02. The lowest BCUT2D eigenvalue weighted by molar-refractivity contribution is -0.117. The van der Waals surface area contributed by atoms with Crippen molar-refractivity contribution in [1.29, 1.82) is 0 Å². The van der Waals surface area contributed by atoms with E-state index >= 15 is 0 Å². The standard InChI is InChI=1S/C16H24N2O/c1-3-5-6-12(4-2)11-18-15-8-7-14(17)9-13(15)10-16(18)19/h7-9,12H,3-6,10-11,17H2,1-2H3. The van der Waals surface area contributed by atoms with E-state index in [9.17, 15) is 4.79 Å². The van der Waals surface area contributed by atoms with Crippen molar-refractivity contribution in [2.45, 2.75) is 46.0 Å². The normalized spacial score (nSPS) is 15.7. The number of amides is 1. The summed E-state index contributed by atoms with van der Waals surface area (Å²) in [6.07, 6.45) is 5.31. The van der Waals surface area contributed by atoms with E-state index in [1.165, 1.54) is 19.3 Å². The number of anilines is 2. The van der Waals surface area contributed by atoms with Crippen LogP contribution < -0.4 is 10.6 Å². The lowest BCUT2D eigenvalue weighted by Gasteiger charge is -2.23. The second kappa shape index (κ2) is 6.09. The van der Waals surface area contributed by atoms with Crippen LogP contribution >= 0.6 is 0 Å². The molecule has 1 aromatic rings. The fraction of sp³-hybridized carbons (Fsp3) is 0.562. The quantitative estimate of drug-likeness (QED) is 0.797. The highest BCUT2D eigenvalue weighted by atomic mass is 16.2. The zero-order chi connectivity index (χ0) is 13.8. The van der Waals surface area contributed by atoms with Gasteiger partial charge in [-0.3, -0.25) is 4.79 Å². The summed E-state index contributed by atoms with van der Waals surface area (Å²) in [4.78, 5) is 14.1.